The molecule has 23 heavy (non-hydrogen) atoms. The molecular formula is C14H15N5O2S2. The largest absolute Gasteiger partial charge is 0.365 e. The molecule has 1 fully saturated rings. The standard InChI is InChI=1S/C14H15N5O2S2/c15-7-12-8-16-9-13(18-12)17-11-3-1-5-19(10-11)23(20,21)14-4-2-6-22-14/h2,4,6,8-9,11H,1,3,5,10H2,(H,17,18)/t11-/m1/s1. The summed E-state index contributed by atoms with van der Waals surface area (Å²) < 4.78 is 27.0. The number of nitrogens with one attached hydrogen (secondary N) is 1. The highest BCUT2D eigenvalue weighted by molar-refractivity contribution is 7.91. The van der Waals surface area contributed by atoms with Gasteiger partial charge in [-0.25, -0.2) is 13.4 Å². The van der Waals surface area contributed by atoms with Crippen molar-refractivity contribution in [2.45, 2.75) is 23.1 Å². The number of thiophene rings is 1. The minimum absolute atomic E-state index is 0.0540. The van der Waals surface area contributed by atoms with Crippen molar-refractivity contribution in [3.63, 3.8) is 0 Å². The summed E-state index contributed by atoms with van der Waals surface area (Å²) in [6, 6.07) is 5.24. The van der Waals surface area contributed by atoms with E-state index in [2.05, 4.69) is 15.3 Å². The lowest BCUT2D eigenvalue weighted by molar-refractivity contribution is 0.327. The van der Waals surface area contributed by atoms with Gasteiger partial charge in [-0.3, -0.25) is 4.98 Å². The second-order valence-corrected chi connectivity index (χ2v) is 8.29. The third-order valence-electron chi connectivity index (χ3n) is 3.57. The summed E-state index contributed by atoms with van der Waals surface area (Å²) in [6.45, 7) is 0.890. The van der Waals surface area contributed by atoms with Crippen LogP contribution in [0, 0.1) is 11.3 Å². The number of sulfonamides is 1. The molecule has 3 rings (SSSR count). The Balaban J connectivity index is 1.72. The molecule has 1 atom stereocenters. The third kappa shape index (κ3) is 3.50. The Labute approximate surface area is 138 Å². The van der Waals surface area contributed by atoms with Gasteiger partial charge in [0.15, 0.2) is 5.69 Å². The first kappa shape index (κ1) is 15.9. The number of nitrogens with zero attached hydrogens (tertiary/aromatic N) is 4. The van der Waals surface area contributed by atoms with Crippen molar-refractivity contribution in [2.24, 2.45) is 0 Å². The zero-order valence-corrected chi connectivity index (χ0v) is 13.8. The molecule has 0 bridgehead atoms. The van der Waals surface area contributed by atoms with Gasteiger partial charge in [-0.15, -0.1) is 11.3 Å². The summed E-state index contributed by atoms with van der Waals surface area (Å²) in [5.74, 6) is 0.490. The fraction of sp³-hybridized carbons (Fsp3) is 0.357. The Morgan fingerprint density at radius 1 is 1.43 bits per heavy atom. The van der Waals surface area contributed by atoms with E-state index in [9.17, 15) is 8.42 Å². The Kier molecular flexibility index (Phi) is 4.56. The van der Waals surface area contributed by atoms with Gasteiger partial charge in [-0.1, -0.05) is 6.07 Å². The number of hydrogen-bond donors (Lipinski definition) is 1. The molecule has 1 aliphatic rings. The second kappa shape index (κ2) is 6.62. The molecule has 1 saturated heterocycles. The molecule has 0 unspecified atom stereocenters. The van der Waals surface area contributed by atoms with Gasteiger partial charge in [-0.05, 0) is 24.3 Å². The Bertz CT molecular complexity index is 814. The number of nitriles is 1. The topological polar surface area (TPSA) is 99.0 Å². The van der Waals surface area contributed by atoms with E-state index in [4.69, 9.17) is 5.26 Å². The highest BCUT2D eigenvalue weighted by Gasteiger charge is 2.31. The molecular weight excluding hydrogens is 334 g/mol. The van der Waals surface area contributed by atoms with E-state index < -0.39 is 10.0 Å². The summed E-state index contributed by atoms with van der Waals surface area (Å²) in [4.78, 5) is 8.07. The van der Waals surface area contributed by atoms with E-state index in [-0.39, 0.29) is 11.7 Å². The molecule has 9 heteroatoms. The number of rotatable bonds is 4. The highest BCUT2D eigenvalue weighted by Crippen LogP contribution is 2.25. The minimum atomic E-state index is -3.43. The van der Waals surface area contributed by atoms with E-state index in [0.29, 0.717) is 23.1 Å². The minimum Gasteiger partial charge on any atom is -0.365 e. The van der Waals surface area contributed by atoms with Gasteiger partial charge in [0.25, 0.3) is 10.0 Å². The fourth-order valence-electron chi connectivity index (χ4n) is 2.51. The van der Waals surface area contributed by atoms with Gasteiger partial charge in [0.1, 0.15) is 16.1 Å². The molecule has 1 aliphatic heterocycles. The molecule has 120 valence electrons. The molecule has 1 N–H and O–H groups in total. The van der Waals surface area contributed by atoms with Crippen LogP contribution in [0.1, 0.15) is 18.5 Å². The van der Waals surface area contributed by atoms with Crippen molar-refractivity contribution in [1.82, 2.24) is 14.3 Å². The van der Waals surface area contributed by atoms with Crippen LogP contribution in [-0.4, -0.2) is 41.8 Å². The van der Waals surface area contributed by atoms with Crippen LogP contribution in [0.4, 0.5) is 5.82 Å². The Hall–Kier alpha value is -2.02. The van der Waals surface area contributed by atoms with Crippen LogP contribution in [-0.2, 0) is 10.0 Å². The average Bonchev–Trinajstić information content (AvgIpc) is 3.10. The van der Waals surface area contributed by atoms with Crippen molar-refractivity contribution in [3.8, 4) is 6.07 Å². The SMILES string of the molecule is N#Cc1cncc(N[C@@H]2CCCN(S(=O)(=O)c3cccs3)C2)n1. The molecule has 2 aromatic heterocycles. The first-order chi connectivity index (χ1) is 11.1. The number of hydrogen-bond acceptors (Lipinski definition) is 7. The zero-order chi connectivity index (χ0) is 16.3. The summed E-state index contributed by atoms with van der Waals surface area (Å²) in [5, 5.41) is 13.8. The maximum Gasteiger partial charge on any atom is 0.252 e. The van der Waals surface area contributed by atoms with Gasteiger partial charge >= 0.3 is 0 Å². The van der Waals surface area contributed by atoms with E-state index in [0.717, 1.165) is 12.8 Å². The second-order valence-electron chi connectivity index (χ2n) is 5.18. The molecule has 0 spiro atoms. The van der Waals surface area contributed by atoms with Crippen molar-refractivity contribution in [2.75, 3.05) is 18.4 Å². The predicted molar refractivity (Wildman–Crippen MR) is 86.5 cm³/mol. The normalized spacial score (nSPS) is 19.2. The van der Waals surface area contributed by atoms with E-state index in [1.165, 1.54) is 28.0 Å². The smallest absolute Gasteiger partial charge is 0.252 e. The zero-order valence-electron chi connectivity index (χ0n) is 12.2. The molecule has 0 aromatic carbocycles. The molecule has 0 saturated carbocycles. The first-order valence-electron chi connectivity index (χ1n) is 7.12. The van der Waals surface area contributed by atoms with Gasteiger partial charge in [0.2, 0.25) is 0 Å². The van der Waals surface area contributed by atoms with Crippen LogP contribution in [0.15, 0.2) is 34.1 Å². The lowest BCUT2D eigenvalue weighted by Gasteiger charge is -2.32. The lowest BCUT2D eigenvalue weighted by atomic mass is 10.1. The van der Waals surface area contributed by atoms with Crippen LogP contribution < -0.4 is 5.32 Å². The Morgan fingerprint density at radius 3 is 3.04 bits per heavy atom. The molecule has 7 nitrogen and oxygen atoms in total. The molecule has 2 aromatic rings. The van der Waals surface area contributed by atoms with Crippen LogP contribution in [0.2, 0.25) is 0 Å². The average molecular weight is 349 g/mol. The van der Waals surface area contributed by atoms with Gasteiger partial charge < -0.3 is 5.32 Å². The van der Waals surface area contributed by atoms with Crippen LogP contribution >= 0.6 is 11.3 Å². The first-order valence-corrected chi connectivity index (χ1v) is 9.44. The lowest BCUT2D eigenvalue weighted by Crippen LogP contribution is -2.45. The van der Waals surface area contributed by atoms with E-state index in [1.807, 2.05) is 6.07 Å². The monoisotopic (exact) mass is 349 g/mol. The van der Waals surface area contributed by atoms with Crippen molar-refractivity contribution < 1.29 is 8.42 Å². The highest BCUT2D eigenvalue weighted by atomic mass is 32.2. The quantitative estimate of drug-likeness (QED) is 0.901. The number of aromatic nitrogens is 2. The van der Waals surface area contributed by atoms with Crippen LogP contribution in [0.5, 0.6) is 0 Å². The summed E-state index contributed by atoms with van der Waals surface area (Å²) in [5.41, 5.74) is 0.230. The van der Waals surface area contributed by atoms with Crippen molar-refractivity contribution >= 4 is 27.2 Å². The fourth-order valence-corrected chi connectivity index (χ4v) is 5.18. The van der Waals surface area contributed by atoms with Crippen LogP contribution in [0.25, 0.3) is 0 Å². The van der Waals surface area contributed by atoms with Gasteiger partial charge in [0.05, 0.1) is 12.4 Å². The van der Waals surface area contributed by atoms with E-state index >= 15 is 0 Å². The molecule has 0 aliphatic carbocycles. The molecule has 3 heterocycles. The number of anilines is 1. The maximum absolute atomic E-state index is 12.6. The van der Waals surface area contributed by atoms with E-state index in [1.54, 1.807) is 17.5 Å². The third-order valence-corrected chi connectivity index (χ3v) is 6.81. The maximum atomic E-state index is 12.6. The van der Waals surface area contributed by atoms with Gasteiger partial charge in [-0.2, -0.15) is 9.57 Å². The Morgan fingerprint density at radius 2 is 2.30 bits per heavy atom. The number of piperidine rings is 1. The summed E-state index contributed by atoms with van der Waals surface area (Å²) >= 11 is 1.23. The predicted octanol–water partition coefficient (Wildman–Crippen LogP) is 1.67. The molecule has 0 amide bonds. The summed E-state index contributed by atoms with van der Waals surface area (Å²) in [7, 11) is -3.43. The van der Waals surface area contributed by atoms with Crippen LogP contribution in [0.3, 0.4) is 0 Å². The van der Waals surface area contributed by atoms with Gasteiger partial charge in [0, 0.05) is 19.1 Å². The van der Waals surface area contributed by atoms with Crippen molar-refractivity contribution in [1.29, 1.82) is 5.26 Å². The molecule has 0 radical (unpaired) electrons. The van der Waals surface area contributed by atoms with Crippen molar-refractivity contribution in [3.05, 3.63) is 35.6 Å². The summed E-state index contributed by atoms with van der Waals surface area (Å²) in [6.07, 6.45) is 4.54.